The molecule has 0 aliphatic carbocycles. The predicted molar refractivity (Wildman–Crippen MR) is 84.0 cm³/mol. The lowest BCUT2D eigenvalue weighted by Crippen LogP contribution is -2.33. The fraction of sp³-hybridized carbons (Fsp3) is 0.647. The Balaban J connectivity index is 2.65. The van der Waals surface area contributed by atoms with Crippen molar-refractivity contribution in [1.29, 1.82) is 0 Å². The zero-order valence-electron chi connectivity index (χ0n) is 13.3. The van der Waals surface area contributed by atoms with E-state index in [1.54, 1.807) is 7.11 Å². The van der Waals surface area contributed by atoms with Crippen molar-refractivity contribution in [2.75, 3.05) is 20.2 Å². The minimum Gasteiger partial charge on any atom is -0.497 e. The van der Waals surface area contributed by atoms with Gasteiger partial charge in [-0.25, -0.2) is 0 Å². The van der Waals surface area contributed by atoms with Crippen molar-refractivity contribution in [3.05, 3.63) is 29.8 Å². The number of methoxy groups -OCH3 is 1. The van der Waals surface area contributed by atoms with Crippen LogP contribution in [0.4, 0.5) is 0 Å². The van der Waals surface area contributed by atoms with Crippen molar-refractivity contribution >= 4 is 0 Å². The first-order valence-corrected chi connectivity index (χ1v) is 7.58. The molecule has 0 radical (unpaired) electrons. The molecule has 0 aromatic heterocycles. The summed E-state index contributed by atoms with van der Waals surface area (Å²) in [6.45, 7) is 9.12. The molecule has 0 saturated carbocycles. The standard InChI is InChI=1S/C17H29NO2/c1-5-16(19)13-18(10-9-14(2)3)12-15-7-6-8-17(11-15)20-4/h6-8,11,14,16,19H,5,9-10,12-13H2,1-4H3/t16-/m0/s1. The Hall–Kier alpha value is -1.06. The largest absolute Gasteiger partial charge is 0.497 e. The Kier molecular flexibility index (Phi) is 7.63. The van der Waals surface area contributed by atoms with Crippen LogP contribution >= 0.6 is 0 Å². The molecule has 0 fully saturated rings. The molecule has 3 nitrogen and oxygen atoms in total. The number of hydrogen-bond acceptors (Lipinski definition) is 3. The first-order valence-electron chi connectivity index (χ1n) is 7.58. The Morgan fingerprint density at radius 2 is 2.05 bits per heavy atom. The third-order valence-corrected chi connectivity index (χ3v) is 3.50. The molecule has 1 atom stereocenters. The first-order chi connectivity index (χ1) is 9.55. The van der Waals surface area contributed by atoms with Gasteiger partial charge in [-0.2, -0.15) is 0 Å². The first kappa shape index (κ1) is 17.0. The summed E-state index contributed by atoms with van der Waals surface area (Å²) in [5.41, 5.74) is 1.23. The molecule has 0 heterocycles. The molecular weight excluding hydrogens is 250 g/mol. The van der Waals surface area contributed by atoms with Crippen molar-refractivity contribution in [3.63, 3.8) is 0 Å². The number of hydrogen-bond donors (Lipinski definition) is 1. The van der Waals surface area contributed by atoms with Crippen LogP contribution in [0.15, 0.2) is 24.3 Å². The number of benzene rings is 1. The van der Waals surface area contributed by atoms with E-state index in [9.17, 15) is 5.11 Å². The van der Waals surface area contributed by atoms with E-state index in [0.717, 1.165) is 38.2 Å². The third-order valence-electron chi connectivity index (χ3n) is 3.50. The second-order valence-electron chi connectivity index (χ2n) is 5.83. The van der Waals surface area contributed by atoms with Crippen LogP contribution in [0.1, 0.15) is 39.2 Å². The molecule has 0 aliphatic heterocycles. The van der Waals surface area contributed by atoms with Gasteiger partial charge in [0.25, 0.3) is 0 Å². The smallest absolute Gasteiger partial charge is 0.119 e. The van der Waals surface area contributed by atoms with Gasteiger partial charge in [0.15, 0.2) is 0 Å². The zero-order chi connectivity index (χ0) is 15.0. The molecule has 3 heteroatoms. The number of aliphatic hydroxyl groups excluding tert-OH is 1. The second kappa shape index (κ2) is 8.98. The maximum absolute atomic E-state index is 9.91. The molecule has 1 aromatic rings. The van der Waals surface area contributed by atoms with Crippen molar-refractivity contribution in [2.45, 2.75) is 46.3 Å². The topological polar surface area (TPSA) is 32.7 Å². The van der Waals surface area contributed by atoms with E-state index in [1.807, 2.05) is 19.1 Å². The van der Waals surface area contributed by atoms with Crippen molar-refractivity contribution in [1.82, 2.24) is 4.90 Å². The molecule has 0 unspecified atom stereocenters. The highest BCUT2D eigenvalue weighted by Gasteiger charge is 2.12. The highest BCUT2D eigenvalue weighted by molar-refractivity contribution is 5.28. The number of rotatable bonds is 9. The van der Waals surface area contributed by atoms with Gasteiger partial charge in [0.2, 0.25) is 0 Å². The Morgan fingerprint density at radius 3 is 2.65 bits per heavy atom. The molecule has 0 bridgehead atoms. The normalized spacial score (nSPS) is 12.9. The molecule has 1 aromatic carbocycles. The monoisotopic (exact) mass is 279 g/mol. The lowest BCUT2D eigenvalue weighted by atomic mass is 10.1. The summed E-state index contributed by atoms with van der Waals surface area (Å²) in [6, 6.07) is 8.16. The maximum Gasteiger partial charge on any atom is 0.119 e. The summed E-state index contributed by atoms with van der Waals surface area (Å²) in [5, 5.41) is 9.91. The summed E-state index contributed by atoms with van der Waals surface area (Å²) in [4.78, 5) is 2.34. The second-order valence-corrected chi connectivity index (χ2v) is 5.83. The predicted octanol–water partition coefficient (Wildman–Crippen LogP) is 3.31. The van der Waals surface area contributed by atoms with Crippen LogP contribution in [0.25, 0.3) is 0 Å². The summed E-state index contributed by atoms with van der Waals surface area (Å²) in [6.07, 6.45) is 1.71. The van der Waals surface area contributed by atoms with E-state index in [2.05, 4.69) is 30.9 Å². The highest BCUT2D eigenvalue weighted by atomic mass is 16.5. The van der Waals surface area contributed by atoms with Crippen molar-refractivity contribution in [3.8, 4) is 5.75 Å². The van der Waals surface area contributed by atoms with Crippen LogP contribution in [0.5, 0.6) is 5.75 Å². The van der Waals surface area contributed by atoms with Crippen molar-refractivity contribution < 1.29 is 9.84 Å². The molecule has 114 valence electrons. The van der Waals surface area contributed by atoms with Gasteiger partial charge in [0, 0.05) is 13.1 Å². The van der Waals surface area contributed by atoms with E-state index < -0.39 is 0 Å². The van der Waals surface area contributed by atoms with E-state index in [1.165, 1.54) is 5.56 Å². The fourth-order valence-electron chi connectivity index (χ4n) is 2.13. The van der Waals surface area contributed by atoms with Crippen LogP contribution in [-0.4, -0.2) is 36.3 Å². The van der Waals surface area contributed by atoms with E-state index in [0.29, 0.717) is 5.92 Å². The van der Waals surface area contributed by atoms with Gasteiger partial charge >= 0.3 is 0 Å². The SMILES string of the molecule is CC[C@H](O)CN(CCC(C)C)Cc1cccc(OC)c1. The van der Waals surface area contributed by atoms with Gasteiger partial charge in [0.1, 0.15) is 5.75 Å². The van der Waals surface area contributed by atoms with Gasteiger partial charge in [-0.1, -0.05) is 32.9 Å². The molecule has 0 saturated heterocycles. The van der Waals surface area contributed by atoms with Crippen LogP contribution in [-0.2, 0) is 6.54 Å². The van der Waals surface area contributed by atoms with Gasteiger partial charge in [0.05, 0.1) is 13.2 Å². The van der Waals surface area contributed by atoms with Crippen LogP contribution < -0.4 is 4.74 Å². The van der Waals surface area contributed by atoms with Gasteiger partial charge < -0.3 is 9.84 Å². The van der Waals surface area contributed by atoms with E-state index >= 15 is 0 Å². The lowest BCUT2D eigenvalue weighted by molar-refractivity contribution is 0.102. The molecule has 1 N–H and O–H groups in total. The molecule has 1 rings (SSSR count). The van der Waals surface area contributed by atoms with Gasteiger partial charge in [-0.15, -0.1) is 0 Å². The Labute approximate surface area is 123 Å². The summed E-state index contributed by atoms with van der Waals surface area (Å²) in [5.74, 6) is 1.57. The minimum absolute atomic E-state index is 0.243. The molecule has 0 aliphatic rings. The van der Waals surface area contributed by atoms with E-state index in [-0.39, 0.29) is 6.10 Å². The molecule has 0 spiro atoms. The zero-order valence-corrected chi connectivity index (χ0v) is 13.3. The fourth-order valence-corrected chi connectivity index (χ4v) is 2.13. The summed E-state index contributed by atoms with van der Waals surface area (Å²) in [7, 11) is 1.69. The number of ether oxygens (including phenoxy) is 1. The average Bonchev–Trinajstić information content (AvgIpc) is 2.44. The van der Waals surface area contributed by atoms with Crippen LogP contribution in [0.3, 0.4) is 0 Å². The lowest BCUT2D eigenvalue weighted by Gasteiger charge is -2.25. The highest BCUT2D eigenvalue weighted by Crippen LogP contribution is 2.15. The quantitative estimate of drug-likeness (QED) is 0.752. The average molecular weight is 279 g/mol. The Bertz CT molecular complexity index is 379. The molecule has 0 amide bonds. The summed E-state index contributed by atoms with van der Waals surface area (Å²) < 4.78 is 5.27. The number of aliphatic hydroxyl groups is 1. The summed E-state index contributed by atoms with van der Waals surface area (Å²) >= 11 is 0. The van der Waals surface area contributed by atoms with Crippen molar-refractivity contribution in [2.24, 2.45) is 5.92 Å². The van der Waals surface area contributed by atoms with Crippen LogP contribution in [0.2, 0.25) is 0 Å². The van der Waals surface area contributed by atoms with Crippen LogP contribution in [0, 0.1) is 5.92 Å². The van der Waals surface area contributed by atoms with Gasteiger partial charge in [-0.3, -0.25) is 4.90 Å². The van der Waals surface area contributed by atoms with E-state index in [4.69, 9.17) is 4.74 Å². The minimum atomic E-state index is -0.243. The Morgan fingerprint density at radius 1 is 1.30 bits per heavy atom. The number of nitrogens with zero attached hydrogens (tertiary/aromatic N) is 1. The maximum atomic E-state index is 9.91. The molecular formula is C17H29NO2. The third kappa shape index (κ3) is 6.40. The molecule has 20 heavy (non-hydrogen) atoms. The van der Waals surface area contributed by atoms with Gasteiger partial charge in [-0.05, 0) is 43.0 Å².